The third-order valence-electron chi connectivity index (χ3n) is 4.82. The Bertz CT molecular complexity index is 713. The van der Waals surface area contributed by atoms with E-state index in [0.29, 0.717) is 23.5 Å². The number of benzene rings is 2. The number of hydrogen-bond acceptors (Lipinski definition) is 5. The van der Waals surface area contributed by atoms with E-state index in [1.807, 2.05) is 13.0 Å². The molecule has 0 radical (unpaired) electrons. The molecule has 1 unspecified atom stereocenters. The van der Waals surface area contributed by atoms with E-state index < -0.39 is 11.6 Å². The predicted octanol–water partition coefficient (Wildman–Crippen LogP) is 3.60. The highest BCUT2D eigenvalue weighted by atomic mass is 16.5. The van der Waals surface area contributed by atoms with Gasteiger partial charge in [0, 0.05) is 6.54 Å². The van der Waals surface area contributed by atoms with Gasteiger partial charge in [0.25, 0.3) is 0 Å². The number of nitrogens with zero attached hydrogens (tertiary/aromatic N) is 1. The van der Waals surface area contributed by atoms with Gasteiger partial charge in [0.1, 0.15) is 5.75 Å². The van der Waals surface area contributed by atoms with Crippen LogP contribution in [0.2, 0.25) is 0 Å². The largest absolute Gasteiger partial charge is 0.494 e. The first-order valence-electron chi connectivity index (χ1n) is 9.97. The molecule has 0 spiro atoms. The molecular weight excluding hydrogens is 354 g/mol. The van der Waals surface area contributed by atoms with Crippen LogP contribution in [0.1, 0.15) is 38.3 Å². The average Bonchev–Trinajstić information content (AvgIpc) is 2.74. The molecule has 1 N–H and O–H groups in total. The molecule has 0 saturated carbocycles. The van der Waals surface area contributed by atoms with Gasteiger partial charge in [-0.25, -0.2) is 4.79 Å². The Morgan fingerprint density at radius 3 is 2.14 bits per heavy atom. The molecule has 0 aliphatic rings. The fraction of sp³-hybridized carbons (Fsp3) is 0.435. The van der Waals surface area contributed by atoms with Gasteiger partial charge in [-0.15, -0.1) is 0 Å². The normalized spacial score (nSPS) is 13.2. The van der Waals surface area contributed by atoms with Gasteiger partial charge in [-0.05, 0) is 49.7 Å². The molecule has 2 aromatic rings. The Kier molecular flexibility index (Phi) is 8.48. The Morgan fingerprint density at radius 1 is 0.964 bits per heavy atom. The van der Waals surface area contributed by atoms with E-state index in [9.17, 15) is 9.90 Å². The molecule has 1 atom stereocenters. The van der Waals surface area contributed by atoms with Crippen molar-refractivity contribution < 1.29 is 19.4 Å². The second-order valence-corrected chi connectivity index (χ2v) is 6.55. The summed E-state index contributed by atoms with van der Waals surface area (Å²) in [5, 5.41) is 11.4. The summed E-state index contributed by atoms with van der Waals surface area (Å²) in [5.41, 5.74) is -0.926. The van der Waals surface area contributed by atoms with Crippen LogP contribution in [0.4, 0.5) is 0 Å². The van der Waals surface area contributed by atoms with E-state index in [1.54, 1.807) is 48.5 Å². The molecule has 0 bridgehead atoms. The maximum absolute atomic E-state index is 12.9. The molecule has 0 saturated heterocycles. The van der Waals surface area contributed by atoms with E-state index in [1.165, 1.54) is 0 Å². The molecular formula is C23H31NO4. The van der Waals surface area contributed by atoms with Crippen molar-refractivity contribution in [1.82, 2.24) is 4.90 Å². The number of rotatable bonds is 11. The van der Waals surface area contributed by atoms with Crippen molar-refractivity contribution in [2.24, 2.45) is 0 Å². The topological polar surface area (TPSA) is 59.0 Å². The van der Waals surface area contributed by atoms with Crippen LogP contribution in [-0.2, 0) is 15.1 Å². The summed E-state index contributed by atoms with van der Waals surface area (Å²) < 4.78 is 10.9. The van der Waals surface area contributed by atoms with Crippen molar-refractivity contribution in [3.8, 4) is 5.75 Å². The fourth-order valence-corrected chi connectivity index (χ4v) is 3.14. The molecule has 0 fully saturated rings. The van der Waals surface area contributed by atoms with Crippen molar-refractivity contribution >= 4 is 5.97 Å². The number of aliphatic hydroxyl groups is 1. The van der Waals surface area contributed by atoms with Gasteiger partial charge in [0.05, 0.1) is 13.2 Å². The lowest BCUT2D eigenvalue weighted by molar-refractivity contribution is -0.162. The standard InChI is InChI=1S/C23H31NO4/c1-4-24(5-2)17-10-18-28-22(25)23(26,19-11-8-7-9-12-19)20-13-15-21(16-14-20)27-6-3/h7-9,11-16,26H,4-6,10,17-18H2,1-3H3. The Hall–Kier alpha value is -2.37. The zero-order valence-corrected chi connectivity index (χ0v) is 17.1. The minimum atomic E-state index is -1.86. The highest BCUT2D eigenvalue weighted by Crippen LogP contribution is 2.32. The van der Waals surface area contributed by atoms with Gasteiger partial charge in [-0.3, -0.25) is 0 Å². The quantitative estimate of drug-likeness (QED) is 0.473. The molecule has 0 aromatic heterocycles. The molecule has 5 heteroatoms. The maximum Gasteiger partial charge on any atom is 0.347 e. The van der Waals surface area contributed by atoms with E-state index in [2.05, 4.69) is 18.7 Å². The van der Waals surface area contributed by atoms with Crippen molar-refractivity contribution in [3.63, 3.8) is 0 Å². The predicted molar refractivity (Wildman–Crippen MR) is 110 cm³/mol. The van der Waals surface area contributed by atoms with Gasteiger partial charge in [0.2, 0.25) is 5.60 Å². The average molecular weight is 386 g/mol. The van der Waals surface area contributed by atoms with Crippen LogP contribution in [0.3, 0.4) is 0 Å². The first-order valence-corrected chi connectivity index (χ1v) is 9.97. The first-order chi connectivity index (χ1) is 13.6. The zero-order valence-electron chi connectivity index (χ0n) is 17.1. The fourth-order valence-electron chi connectivity index (χ4n) is 3.14. The Labute approximate surface area is 167 Å². The molecule has 0 aliphatic heterocycles. The first kappa shape index (κ1) is 21.9. The molecule has 5 nitrogen and oxygen atoms in total. The van der Waals surface area contributed by atoms with Crippen molar-refractivity contribution in [2.45, 2.75) is 32.8 Å². The van der Waals surface area contributed by atoms with E-state index in [-0.39, 0.29) is 6.61 Å². The van der Waals surface area contributed by atoms with Crippen molar-refractivity contribution in [2.75, 3.05) is 32.8 Å². The molecule has 0 amide bonds. The van der Waals surface area contributed by atoms with Crippen LogP contribution >= 0.6 is 0 Å². The van der Waals surface area contributed by atoms with Gasteiger partial charge >= 0.3 is 5.97 Å². The molecule has 2 rings (SSSR count). The molecule has 0 heterocycles. The van der Waals surface area contributed by atoms with Gasteiger partial charge < -0.3 is 19.5 Å². The number of ether oxygens (including phenoxy) is 2. The third kappa shape index (κ3) is 5.33. The summed E-state index contributed by atoms with van der Waals surface area (Å²) in [6.07, 6.45) is 0.724. The van der Waals surface area contributed by atoms with Gasteiger partial charge in [-0.2, -0.15) is 0 Å². The highest BCUT2D eigenvalue weighted by Gasteiger charge is 2.41. The van der Waals surface area contributed by atoms with Crippen molar-refractivity contribution in [1.29, 1.82) is 0 Å². The van der Waals surface area contributed by atoms with Crippen LogP contribution in [0.25, 0.3) is 0 Å². The minimum absolute atomic E-state index is 0.265. The zero-order chi connectivity index (χ0) is 20.4. The summed E-state index contributed by atoms with van der Waals surface area (Å²) >= 11 is 0. The molecule has 152 valence electrons. The lowest BCUT2D eigenvalue weighted by Crippen LogP contribution is -2.39. The summed E-state index contributed by atoms with van der Waals surface area (Å²) in [5.74, 6) is 0.0247. The van der Waals surface area contributed by atoms with E-state index >= 15 is 0 Å². The van der Waals surface area contributed by atoms with E-state index in [4.69, 9.17) is 9.47 Å². The summed E-state index contributed by atoms with van der Waals surface area (Å²) in [6, 6.07) is 15.8. The lowest BCUT2D eigenvalue weighted by Gasteiger charge is -2.27. The van der Waals surface area contributed by atoms with Crippen LogP contribution < -0.4 is 4.74 Å². The van der Waals surface area contributed by atoms with Crippen LogP contribution in [-0.4, -0.2) is 48.8 Å². The number of esters is 1. The number of carbonyl (C=O) groups is 1. The second kappa shape index (κ2) is 10.8. The summed E-state index contributed by atoms with van der Waals surface area (Å²) in [4.78, 5) is 15.2. The van der Waals surface area contributed by atoms with E-state index in [0.717, 1.165) is 26.1 Å². The summed E-state index contributed by atoms with van der Waals surface area (Å²) in [7, 11) is 0. The van der Waals surface area contributed by atoms with Gasteiger partial charge in [-0.1, -0.05) is 56.3 Å². The second-order valence-electron chi connectivity index (χ2n) is 6.55. The smallest absolute Gasteiger partial charge is 0.347 e. The summed E-state index contributed by atoms with van der Waals surface area (Å²) in [6.45, 7) is 9.72. The van der Waals surface area contributed by atoms with Crippen LogP contribution in [0, 0.1) is 0 Å². The Morgan fingerprint density at radius 2 is 1.57 bits per heavy atom. The highest BCUT2D eigenvalue weighted by molar-refractivity contribution is 5.85. The van der Waals surface area contributed by atoms with Gasteiger partial charge in [0.15, 0.2) is 0 Å². The number of hydrogen-bond donors (Lipinski definition) is 1. The van der Waals surface area contributed by atoms with Crippen LogP contribution in [0.15, 0.2) is 54.6 Å². The maximum atomic E-state index is 12.9. The number of carbonyl (C=O) groups excluding carboxylic acids is 1. The SMILES string of the molecule is CCOc1ccc(C(O)(C(=O)OCCCN(CC)CC)c2ccccc2)cc1. The third-order valence-corrected chi connectivity index (χ3v) is 4.82. The molecule has 2 aromatic carbocycles. The molecule has 28 heavy (non-hydrogen) atoms. The van der Waals surface area contributed by atoms with Crippen molar-refractivity contribution in [3.05, 3.63) is 65.7 Å². The Balaban J connectivity index is 2.18. The van der Waals surface area contributed by atoms with Crippen LogP contribution in [0.5, 0.6) is 5.75 Å². The molecule has 0 aliphatic carbocycles. The lowest BCUT2D eigenvalue weighted by atomic mass is 9.86. The monoisotopic (exact) mass is 385 g/mol. The minimum Gasteiger partial charge on any atom is -0.494 e.